The number of fused-ring (bicyclic) bond motifs is 5. The molecule has 0 aromatic heterocycles. The molecule has 0 aromatic carbocycles. The molecule has 4 nitrogen and oxygen atoms in total. The minimum Gasteiger partial charge on any atom is -0.452 e. The highest BCUT2D eigenvalue weighted by Crippen LogP contribution is 2.67. The first kappa shape index (κ1) is 23.6. The second-order valence-electron chi connectivity index (χ2n) is 12.9. The predicted molar refractivity (Wildman–Crippen MR) is 129 cm³/mol. The smallest absolute Gasteiger partial charge is 0.331 e. The molecule has 5 aliphatic rings. The maximum atomic E-state index is 12.0. The van der Waals surface area contributed by atoms with Crippen LogP contribution in [0.1, 0.15) is 86.0 Å². The van der Waals surface area contributed by atoms with Gasteiger partial charge in [0.05, 0.1) is 12.2 Å². The largest absolute Gasteiger partial charge is 0.452 e. The molecule has 0 spiro atoms. The van der Waals surface area contributed by atoms with Crippen LogP contribution in [0.4, 0.5) is 0 Å². The lowest BCUT2D eigenvalue weighted by Gasteiger charge is -2.58. The Labute approximate surface area is 199 Å². The van der Waals surface area contributed by atoms with Crippen molar-refractivity contribution in [1.82, 2.24) is 0 Å². The standard InChI is InChI=1S/C29H44O4/c1-16(2)21-15-25(31)33-27(21)26(32)17(3)22-8-9-23-20-7-6-18-14-19(30)10-12-28(18,4)24(20)11-13-29(22,23)5/h6,15-17,19-20,22-24,26-27,30,32H,7-14H2,1-5H3. The second-order valence-corrected chi connectivity index (χ2v) is 12.9. The van der Waals surface area contributed by atoms with Crippen LogP contribution >= 0.6 is 0 Å². The molecule has 10 unspecified atom stereocenters. The van der Waals surface area contributed by atoms with Crippen LogP contribution in [0.25, 0.3) is 0 Å². The van der Waals surface area contributed by atoms with Crippen LogP contribution in [0.5, 0.6) is 0 Å². The SMILES string of the molecule is CC(C)C1=CC(=O)OC1C(O)C(C)C1CCC2C3CC=C4CC(O)CCC4(C)C3CCC12C. The van der Waals surface area contributed by atoms with E-state index in [4.69, 9.17) is 4.74 Å². The lowest BCUT2D eigenvalue weighted by atomic mass is 9.47. The van der Waals surface area contributed by atoms with Gasteiger partial charge in [-0.05, 0) is 103 Å². The second kappa shape index (κ2) is 8.22. The fourth-order valence-electron chi connectivity index (χ4n) is 9.27. The molecule has 3 fully saturated rings. The number of carbonyl (C=O) groups is 1. The summed E-state index contributed by atoms with van der Waals surface area (Å²) in [7, 11) is 0. The number of aliphatic hydroxyl groups is 2. The van der Waals surface area contributed by atoms with E-state index in [0.29, 0.717) is 11.8 Å². The normalized spacial score (nSPS) is 46.6. The van der Waals surface area contributed by atoms with Gasteiger partial charge >= 0.3 is 5.97 Å². The third-order valence-corrected chi connectivity index (χ3v) is 11.2. The van der Waals surface area contributed by atoms with Gasteiger partial charge in [-0.1, -0.05) is 46.3 Å². The average Bonchev–Trinajstić information content (AvgIpc) is 3.33. The zero-order valence-electron chi connectivity index (χ0n) is 21.2. The van der Waals surface area contributed by atoms with Crippen molar-refractivity contribution in [2.75, 3.05) is 0 Å². The minimum absolute atomic E-state index is 0.102. The monoisotopic (exact) mass is 456 g/mol. The number of cyclic esters (lactones) is 1. The van der Waals surface area contributed by atoms with E-state index in [9.17, 15) is 15.0 Å². The van der Waals surface area contributed by atoms with Gasteiger partial charge in [0.15, 0.2) is 6.10 Å². The summed E-state index contributed by atoms with van der Waals surface area (Å²) in [5.41, 5.74) is 2.98. The molecule has 0 saturated heterocycles. The van der Waals surface area contributed by atoms with Crippen LogP contribution in [-0.2, 0) is 9.53 Å². The van der Waals surface area contributed by atoms with Crippen molar-refractivity contribution >= 4 is 5.97 Å². The zero-order valence-corrected chi connectivity index (χ0v) is 21.2. The van der Waals surface area contributed by atoms with Crippen LogP contribution in [-0.4, -0.2) is 34.5 Å². The highest BCUT2D eigenvalue weighted by atomic mass is 16.6. The number of esters is 1. The summed E-state index contributed by atoms with van der Waals surface area (Å²) in [5, 5.41) is 21.7. The van der Waals surface area contributed by atoms with Gasteiger partial charge in [0, 0.05) is 6.08 Å². The maximum absolute atomic E-state index is 12.0. The number of hydrogen-bond donors (Lipinski definition) is 2. The van der Waals surface area contributed by atoms with E-state index in [1.165, 1.54) is 24.8 Å². The molecule has 2 N–H and O–H groups in total. The van der Waals surface area contributed by atoms with Gasteiger partial charge in [0.2, 0.25) is 0 Å². The Morgan fingerprint density at radius 1 is 1.06 bits per heavy atom. The molecule has 4 heteroatoms. The summed E-state index contributed by atoms with van der Waals surface area (Å²) in [6.07, 6.45) is 11.8. The molecule has 3 saturated carbocycles. The fraction of sp³-hybridized carbons (Fsp3) is 0.828. The molecule has 10 atom stereocenters. The third-order valence-electron chi connectivity index (χ3n) is 11.2. The fourth-order valence-corrected chi connectivity index (χ4v) is 9.27. The Kier molecular flexibility index (Phi) is 5.88. The lowest BCUT2D eigenvalue weighted by molar-refractivity contribution is -0.146. The van der Waals surface area contributed by atoms with Crippen molar-refractivity contribution in [2.45, 2.75) is 104 Å². The number of ether oxygens (including phenoxy) is 1. The van der Waals surface area contributed by atoms with Gasteiger partial charge in [-0.3, -0.25) is 0 Å². The Morgan fingerprint density at radius 3 is 2.55 bits per heavy atom. The van der Waals surface area contributed by atoms with Crippen LogP contribution in [0.15, 0.2) is 23.3 Å². The number of allylic oxidation sites excluding steroid dienone is 1. The van der Waals surface area contributed by atoms with E-state index in [0.717, 1.165) is 49.5 Å². The highest BCUT2D eigenvalue weighted by molar-refractivity contribution is 5.86. The van der Waals surface area contributed by atoms with Crippen molar-refractivity contribution in [3.63, 3.8) is 0 Å². The van der Waals surface area contributed by atoms with Gasteiger partial charge in [-0.15, -0.1) is 0 Å². The molecule has 0 amide bonds. The van der Waals surface area contributed by atoms with Crippen molar-refractivity contribution in [3.8, 4) is 0 Å². The Balaban J connectivity index is 1.36. The molecule has 4 aliphatic carbocycles. The quantitative estimate of drug-likeness (QED) is 0.437. The van der Waals surface area contributed by atoms with Crippen molar-refractivity contribution < 1.29 is 19.7 Å². The van der Waals surface area contributed by atoms with Crippen molar-refractivity contribution in [3.05, 3.63) is 23.3 Å². The average molecular weight is 457 g/mol. The summed E-state index contributed by atoms with van der Waals surface area (Å²) in [6.45, 7) is 11.3. The van der Waals surface area contributed by atoms with Crippen molar-refractivity contribution in [1.29, 1.82) is 0 Å². The molecule has 5 rings (SSSR count). The van der Waals surface area contributed by atoms with Gasteiger partial charge in [-0.25, -0.2) is 4.79 Å². The molecule has 1 aliphatic heterocycles. The van der Waals surface area contributed by atoms with Gasteiger partial charge < -0.3 is 14.9 Å². The first-order chi connectivity index (χ1) is 15.6. The molecular weight excluding hydrogens is 412 g/mol. The van der Waals surface area contributed by atoms with E-state index in [1.807, 2.05) is 0 Å². The molecule has 184 valence electrons. The summed E-state index contributed by atoms with van der Waals surface area (Å²) in [4.78, 5) is 12.0. The topological polar surface area (TPSA) is 66.8 Å². The van der Waals surface area contributed by atoms with E-state index in [-0.39, 0.29) is 34.7 Å². The Bertz CT molecular complexity index is 858. The van der Waals surface area contributed by atoms with E-state index < -0.39 is 12.2 Å². The lowest BCUT2D eigenvalue weighted by Crippen LogP contribution is -2.51. The summed E-state index contributed by atoms with van der Waals surface area (Å²) in [5.74, 6) is 2.60. The summed E-state index contributed by atoms with van der Waals surface area (Å²) >= 11 is 0. The van der Waals surface area contributed by atoms with Gasteiger partial charge in [-0.2, -0.15) is 0 Å². The number of rotatable bonds is 4. The van der Waals surface area contributed by atoms with E-state index in [2.05, 4.69) is 40.7 Å². The maximum Gasteiger partial charge on any atom is 0.331 e. The zero-order chi connectivity index (χ0) is 23.7. The number of hydrogen-bond acceptors (Lipinski definition) is 4. The molecule has 0 bridgehead atoms. The van der Waals surface area contributed by atoms with Crippen LogP contribution in [0.2, 0.25) is 0 Å². The van der Waals surface area contributed by atoms with Crippen LogP contribution in [0, 0.1) is 46.3 Å². The van der Waals surface area contributed by atoms with Crippen LogP contribution < -0.4 is 0 Å². The molecule has 1 heterocycles. The highest BCUT2D eigenvalue weighted by Gasteiger charge is 2.60. The van der Waals surface area contributed by atoms with E-state index in [1.54, 1.807) is 6.08 Å². The molecular formula is C29H44O4. The van der Waals surface area contributed by atoms with E-state index >= 15 is 0 Å². The number of carbonyl (C=O) groups excluding carboxylic acids is 1. The molecule has 0 aromatic rings. The predicted octanol–water partition coefficient (Wildman–Crippen LogP) is 5.43. The number of aliphatic hydroxyl groups excluding tert-OH is 2. The first-order valence-electron chi connectivity index (χ1n) is 13.5. The summed E-state index contributed by atoms with van der Waals surface area (Å²) < 4.78 is 5.60. The van der Waals surface area contributed by atoms with Crippen molar-refractivity contribution in [2.24, 2.45) is 46.3 Å². The third kappa shape index (κ3) is 3.57. The first-order valence-corrected chi connectivity index (χ1v) is 13.5. The van der Waals surface area contributed by atoms with Gasteiger partial charge in [0.25, 0.3) is 0 Å². The Hall–Kier alpha value is -1.13. The molecule has 0 radical (unpaired) electrons. The minimum atomic E-state index is -0.640. The molecule has 33 heavy (non-hydrogen) atoms. The van der Waals surface area contributed by atoms with Crippen LogP contribution in [0.3, 0.4) is 0 Å². The summed E-state index contributed by atoms with van der Waals surface area (Å²) in [6, 6.07) is 0. The van der Waals surface area contributed by atoms with Gasteiger partial charge in [0.1, 0.15) is 0 Å². The Morgan fingerprint density at radius 2 is 1.82 bits per heavy atom.